The van der Waals surface area contributed by atoms with Gasteiger partial charge in [0, 0.05) is 23.7 Å². The lowest BCUT2D eigenvalue weighted by molar-refractivity contribution is 0.0438. The average Bonchev–Trinajstić information content (AvgIpc) is 3.30. The summed E-state index contributed by atoms with van der Waals surface area (Å²) in [5.74, 6) is 1.20. The molecule has 0 N–H and O–H groups in total. The van der Waals surface area contributed by atoms with Crippen LogP contribution in [0.25, 0.3) is 11.3 Å². The molecule has 0 saturated heterocycles. The summed E-state index contributed by atoms with van der Waals surface area (Å²) in [4.78, 5) is 15.7. The van der Waals surface area contributed by atoms with E-state index in [0.29, 0.717) is 29.3 Å². The van der Waals surface area contributed by atoms with Gasteiger partial charge in [-0.15, -0.1) is 0 Å². The van der Waals surface area contributed by atoms with Gasteiger partial charge in [0.2, 0.25) is 0 Å². The first-order valence-corrected chi connectivity index (χ1v) is 11.2. The van der Waals surface area contributed by atoms with Crippen LogP contribution < -0.4 is 4.74 Å². The summed E-state index contributed by atoms with van der Waals surface area (Å²) in [5.41, 5.74) is 1.22. The van der Waals surface area contributed by atoms with Gasteiger partial charge in [-0.05, 0) is 49.9 Å². The molecule has 6 nitrogen and oxygen atoms in total. The van der Waals surface area contributed by atoms with E-state index in [0.717, 1.165) is 31.2 Å². The summed E-state index contributed by atoms with van der Waals surface area (Å²) in [6.45, 7) is 0.0124. The number of hydrogen-bond donors (Lipinski definition) is 0. The van der Waals surface area contributed by atoms with E-state index in [2.05, 4.69) is 10.1 Å². The molecule has 6 heteroatoms. The van der Waals surface area contributed by atoms with Gasteiger partial charge >= 0.3 is 0 Å². The molecule has 1 aromatic carbocycles. The quantitative estimate of drug-likeness (QED) is 0.645. The van der Waals surface area contributed by atoms with E-state index in [4.69, 9.17) is 14.5 Å². The molecule has 0 bridgehead atoms. The molecule has 2 aliphatic carbocycles. The van der Waals surface area contributed by atoms with Crippen LogP contribution >= 0.6 is 0 Å². The summed E-state index contributed by atoms with van der Waals surface area (Å²) in [6, 6.07) is 11.6. The number of amides is 1. The zero-order chi connectivity index (χ0) is 20.8. The van der Waals surface area contributed by atoms with Crippen molar-refractivity contribution in [3.05, 3.63) is 36.0 Å². The van der Waals surface area contributed by atoms with Crippen LogP contribution in [0.5, 0.6) is 5.75 Å². The minimum atomic E-state index is 0.0118. The molecule has 0 radical (unpaired) electrons. The van der Waals surface area contributed by atoms with Crippen LogP contribution in [-0.4, -0.2) is 34.7 Å². The molecule has 1 heterocycles. The SMILES string of the molecule is N#CCOc1ccc(-c2cc(C(=O)N(C3CCCCC3)C3CCCCC3)no2)cc1. The number of carbonyl (C=O) groups is 1. The van der Waals surface area contributed by atoms with E-state index < -0.39 is 0 Å². The molecule has 30 heavy (non-hydrogen) atoms. The van der Waals surface area contributed by atoms with E-state index >= 15 is 0 Å². The molecule has 2 saturated carbocycles. The highest BCUT2D eigenvalue weighted by molar-refractivity contribution is 5.93. The second-order valence-electron chi connectivity index (χ2n) is 8.34. The molecule has 0 atom stereocenters. The summed E-state index contributed by atoms with van der Waals surface area (Å²) >= 11 is 0. The Morgan fingerprint density at radius 2 is 1.63 bits per heavy atom. The number of rotatable bonds is 6. The number of hydrogen-bond acceptors (Lipinski definition) is 5. The monoisotopic (exact) mass is 407 g/mol. The molecule has 0 spiro atoms. The lowest BCUT2D eigenvalue weighted by Gasteiger charge is -2.41. The maximum atomic E-state index is 13.5. The number of nitriles is 1. The molecule has 0 aliphatic heterocycles. The highest BCUT2D eigenvalue weighted by Gasteiger charge is 2.34. The third-order valence-electron chi connectivity index (χ3n) is 6.34. The molecule has 1 amide bonds. The Bertz CT molecular complexity index is 854. The Morgan fingerprint density at radius 3 is 2.20 bits per heavy atom. The number of ether oxygens (including phenoxy) is 1. The van der Waals surface area contributed by atoms with Gasteiger partial charge in [-0.25, -0.2) is 0 Å². The number of carbonyl (C=O) groups excluding carboxylic acids is 1. The Kier molecular flexibility index (Phi) is 6.68. The molecule has 158 valence electrons. The standard InChI is InChI=1S/C24H29N3O3/c25-15-16-29-21-13-11-18(12-14-21)23-17-22(26-30-23)24(28)27(19-7-3-1-4-8-19)20-9-5-2-6-10-20/h11-14,17,19-20H,1-10,16H2. The first kappa shape index (κ1) is 20.5. The predicted octanol–water partition coefficient (Wildman–Crippen LogP) is 5.35. The average molecular weight is 408 g/mol. The van der Waals surface area contributed by atoms with Crippen molar-refractivity contribution in [1.82, 2.24) is 10.1 Å². The van der Waals surface area contributed by atoms with Gasteiger partial charge in [0.05, 0.1) is 0 Å². The second-order valence-corrected chi connectivity index (χ2v) is 8.34. The first-order valence-electron chi connectivity index (χ1n) is 11.2. The van der Waals surface area contributed by atoms with Gasteiger partial charge < -0.3 is 14.2 Å². The van der Waals surface area contributed by atoms with Crippen molar-refractivity contribution in [2.45, 2.75) is 76.3 Å². The molecular weight excluding hydrogens is 378 g/mol. The van der Waals surface area contributed by atoms with Crippen molar-refractivity contribution >= 4 is 5.91 Å². The van der Waals surface area contributed by atoms with E-state index in [1.54, 1.807) is 18.2 Å². The number of nitrogens with zero attached hydrogens (tertiary/aromatic N) is 3. The van der Waals surface area contributed by atoms with Crippen molar-refractivity contribution in [3.8, 4) is 23.1 Å². The highest BCUT2D eigenvalue weighted by atomic mass is 16.5. The van der Waals surface area contributed by atoms with Gasteiger partial charge in [0.25, 0.3) is 5.91 Å². The van der Waals surface area contributed by atoms with Gasteiger partial charge in [0.1, 0.15) is 11.8 Å². The fraction of sp³-hybridized carbons (Fsp3) is 0.542. The molecule has 0 unspecified atom stereocenters. The van der Waals surface area contributed by atoms with Gasteiger partial charge in [-0.2, -0.15) is 5.26 Å². The van der Waals surface area contributed by atoms with Gasteiger partial charge in [-0.1, -0.05) is 43.7 Å². The van der Waals surface area contributed by atoms with E-state index in [-0.39, 0.29) is 12.5 Å². The van der Waals surface area contributed by atoms with Crippen molar-refractivity contribution < 1.29 is 14.1 Å². The maximum Gasteiger partial charge on any atom is 0.276 e. The Balaban J connectivity index is 1.52. The fourth-order valence-corrected chi connectivity index (χ4v) is 4.82. The molecule has 2 aliphatic rings. The largest absolute Gasteiger partial charge is 0.479 e. The van der Waals surface area contributed by atoms with Crippen LogP contribution in [0.3, 0.4) is 0 Å². The van der Waals surface area contributed by atoms with Crippen molar-refractivity contribution in [3.63, 3.8) is 0 Å². The topological polar surface area (TPSA) is 79.4 Å². The normalized spacial score (nSPS) is 18.0. The lowest BCUT2D eigenvalue weighted by atomic mass is 9.88. The molecule has 4 rings (SSSR count). The minimum absolute atomic E-state index is 0.0118. The van der Waals surface area contributed by atoms with Crippen molar-refractivity contribution in [1.29, 1.82) is 5.26 Å². The van der Waals surface area contributed by atoms with Crippen LogP contribution in [0.1, 0.15) is 74.7 Å². The molecule has 1 aromatic heterocycles. The van der Waals surface area contributed by atoms with Crippen molar-refractivity contribution in [2.24, 2.45) is 0 Å². The zero-order valence-electron chi connectivity index (χ0n) is 17.4. The first-order chi connectivity index (χ1) is 14.8. The van der Waals surface area contributed by atoms with E-state index in [1.807, 2.05) is 18.2 Å². The van der Waals surface area contributed by atoms with Gasteiger partial charge in [-0.3, -0.25) is 4.79 Å². The van der Waals surface area contributed by atoms with Crippen LogP contribution in [-0.2, 0) is 0 Å². The van der Waals surface area contributed by atoms with Gasteiger partial charge in [0.15, 0.2) is 18.1 Å². The summed E-state index contributed by atoms with van der Waals surface area (Å²) in [5, 5.41) is 12.7. The number of benzene rings is 1. The Hall–Kier alpha value is -2.81. The predicted molar refractivity (Wildman–Crippen MR) is 113 cm³/mol. The fourth-order valence-electron chi connectivity index (χ4n) is 4.82. The zero-order valence-corrected chi connectivity index (χ0v) is 17.4. The van der Waals surface area contributed by atoms with Crippen LogP contribution in [0.2, 0.25) is 0 Å². The molecule has 2 aromatic rings. The summed E-state index contributed by atoms with van der Waals surface area (Å²) in [7, 11) is 0. The van der Waals surface area contributed by atoms with Crippen LogP contribution in [0.15, 0.2) is 34.9 Å². The number of aromatic nitrogens is 1. The lowest BCUT2D eigenvalue weighted by Crippen LogP contribution is -2.48. The minimum Gasteiger partial charge on any atom is -0.479 e. The van der Waals surface area contributed by atoms with E-state index in [1.165, 1.54) is 38.5 Å². The third-order valence-corrected chi connectivity index (χ3v) is 6.34. The Morgan fingerprint density at radius 1 is 1.03 bits per heavy atom. The summed E-state index contributed by atoms with van der Waals surface area (Å²) < 4.78 is 10.8. The third kappa shape index (κ3) is 4.67. The molecule has 2 fully saturated rings. The van der Waals surface area contributed by atoms with Crippen molar-refractivity contribution in [2.75, 3.05) is 6.61 Å². The Labute approximate surface area is 177 Å². The maximum absolute atomic E-state index is 13.5. The summed E-state index contributed by atoms with van der Waals surface area (Å²) in [6.07, 6.45) is 11.7. The second kappa shape index (κ2) is 9.80. The van der Waals surface area contributed by atoms with Crippen LogP contribution in [0, 0.1) is 11.3 Å². The van der Waals surface area contributed by atoms with E-state index in [9.17, 15) is 4.79 Å². The highest BCUT2D eigenvalue weighted by Crippen LogP contribution is 2.32. The van der Waals surface area contributed by atoms with Crippen LogP contribution in [0.4, 0.5) is 0 Å². The molecular formula is C24H29N3O3. The smallest absolute Gasteiger partial charge is 0.276 e.